The lowest BCUT2D eigenvalue weighted by Crippen LogP contribution is -2.57. The van der Waals surface area contributed by atoms with E-state index in [1.54, 1.807) is 18.2 Å². The van der Waals surface area contributed by atoms with E-state index < -0.39 is 17.4 Å². The van der Waals surface area contributed by atoms with Crippen molar-refractivity contribution in [2.75, 3.05) is 0 Å². The maximum absolute atomic E-state index is 12.0. The number of nitrogens with zero attached hydrogens (tertiary/aromatic N) is 2. The van der Waals surface area contributed by atoms with Gasteiger partial charge in [-0.25, -0.2) is 0 Å². The zero-order valence-corrected chi connectivity index (χ0v) is 9.54. The molecule has 0 saturated heterocycles. The molecule has 6 nitrogen and oxygen atoms in total. The lowest BCUT2D eigenvalue weighted by molar-refractivity contribution is -0.122. The number of aromatic nitrogens is 1. The Morgan fingerprint density at radius 2 is 2.22 bits per heavy atom. The predicted octanol–water partition coefficient (Wildman–Crippen LogP) is 0.0237. The third kappa shape index (κ3) is 2.27. The molecular weight excluding hydrogens is 232 g/mol. The number of hydrogen-bond donors (Lipinski definition) is 2. The van der Waals surface area contributed by atoms with Crippen molar-refractivity contribution in [2.45, 2.75) is 12.0 Å². The van der Waals surface area contributed by atoms with Crippen LogP contribution in [0.25, 0.3) is 0 Å². The summed E-state index contributed by atoms with van der Waals surface area (Å²) in [7, 11) is 0. The van der Waals surface area contributed by atoms with Crippen molar-refractivity contribution < 1.29 is 9.59 Å². The van der Waals surface area contributed by atoms with E-state index in [-0.39, 0.29) is 12.1 Å². The summed E-state index contributed by atoms with van der Waals surface area (Å²) in [5.41, 5.74) is 4.35. The number of nitrogens with two attached hydrogens (primary N) is 1. The summed E-state index contributed by atoms with van der Waals surface area (Å²) in [6, 6.07) is 4.95. The number of carbonyl (C=O) groups excluding carboxylic acids is 2. The minimum Gasteiger partial charge on any atom is -0.367 e. The van der Waals surface area contributed by atoms with Gasteiger partial charge in [-0.05, 0) is 18.2 Å². The molecule has 1 aliphatic heterocycles. The zero-order valence-electron chi connectivity index (χ0n) is 9.54. The summed E-state index contributed by atoms with van der Waals surface area (Å²) in [4.78, 5) is 31.2. The fourth-order valence-corrected chi connectivity index (χ4v) is 1.60. The Morgan fingerprint density at radius 3 is 2.78 bits per heavy atom. The van der Waals surface area contributed by atoms with Crippen molar-refractivity contribution in [1.29, 1.82) is 0 Å². The number of primary amides is 1. The molecule has 3 N–H and O–H groups in total. The van der Waals surface area contributed by atoms with E-state index >= 15 is 0 Å². The molecule has 18 heavy (non-hydrogen) atoms. The van der Waals surface area contributed by atoms with Crippen LogP contribution in [0.1, 0.15) is 16.9 Å². The molecule has 1 unspecified atom stereocenters. The number of rotatable bonds is 3. The molecule has 1 aromatic heterocycles. The van der Waals surface area contributed by atoms with Crippen molar-refractivity contribution in [3.05, 3.63) is 42.4 Å². The highest BCUT2D eigenvalue weighted by molar-refractivity contribution is 6.00. The van der Waals surface area contributed by atoms with Gasteiger partial charge >= 0.3 is 0 Å². The van der Waals surface area contributed by atoms with Crippen LogP contribution < -0.4 is 11.1 Å². The summed E-state index contributed by atoms with van der Waals surface area (Å²) in [6.07, 6.45) is 6.19. The smallest absolute Gasteiger partial charge is 0.270 e. The molecule has 0 saturated carbocycles. The lowest BCUT2D eigenvalue weighted by atomic mass is 9.93. The van der Waals surface area contributed by atoms with Crippen LogP contribution in [0.5, 0.6) is 0 Å². The second-order valence-electron chi connectivity index (χ2n) is 3.86. The van der Waals surface area contributed by atoms with Crippen LogP contribution in [0.4, 0.5) is 0 Å². The first-order valence-electron chi connectivity index (χ1n) is 5.37. The van der Waals surface area contributed by atoms with Crippen molar-refractivity contribution in [3.8, 4) is 0 Å². The first-order chi connectivity index (χ1) is 8.64. The molecule has 6 heteroatoms. The van der Waals surface area contributed by atoms with Crippen LogP contribution in [-0.4, -0.2) is 28.6 Å². The summed E-state index contributed by atoms with van der Waals surface area (Å²) in [6.45, 7) is 0. The van der Waals surface area contributed by atoms with Crippen molar-refractivity contribution >= 4 is 18.0 Å². The molecule has 0 aromatic carbocycles. The van der Waals surface area contributed by atoms with Crippen molar-refractivity contribution in [3.63, 3.8) is 0 Å². The van der Waals surface area contributed by atoms with E-state index in [9.17, 15) is 9.59 Å². The molecule has 0 spiro atoms. The Labute approximate surface area is 104 Å². The van der Waals surface area contributed by atoms with Crippen LogP contribution in [0.3, 0.4) is 0 Å². The number of carbonyl (C=O) groups is 2. The van der Waals surface area contributed by atoms with Gasteiger partial charge in [0.1, 0.15) is 11.2 Å². The third-order valence-corrected chi connectivity index (χ3v) is 2.64. The summed E-state index contributed by atoms with van der Waals surface area (Å²) >= 11 is 0. The Hall–Kier alpha value is -2.50. The Bertz CT molecular complexity index is 524. The average Bonchev–Trinajstić information content (AvgIpc) is 2.40. The minimum absolute atomic E-state index is 0.231. The second-order valence-corrected chi connectivity index (χ2v) is 3.86. The second kappa shape index (κ2) is 4.79. The lowest BCUT2D eigenvalue weighted by Gasteiger charge is -2.28. The van der Waals surface area contributed by atoms with E-state index in [0.717, 1.165) is 0 Å². The highest BCUT2D eigenvalue weighted by atomic mass is 16.2. The quantitative estimate of drug-likeness (QED) is 0.784. The Balaban J connectivity index is 2.21. The highest BCUT2D eigenvalue weighted by Gasteiger charge is 2.36. The van der Waals surface area contributed by atoms with Crippen LogP contribution in [0, 0.1) is 0 Å². The standard InChI is InChI=1S/C12H12N4O2/c13-11(18)12(4-7-14-8-5-12)16-10(17)9-3-1-2-6-15-9/h1-4,6-8H,5H2,(H2,13,18)(H,16,17). The SMILES string of the molecule is NC(=O)C1(NC(=O)c2ccccn2)C=CN=CC1. The van der Waals surface area contributed by atoms with E-state index in [0.29, 0.717) is 0 Å². The first kappa shape index (κ1) is 12.0. The van der Waals surface area contributed by atoms with Crippen LogP contribution >= 0.6 is 0 Å². The van der Waals surface area contributed by atoms with Crippen molar-refractivity contribution in [2.24, 2.45) is 10.7 Å². The molecule has 92 valence electrons. The number of hydrogen-bond acceptors (Lipinski definition) is 4. The number of pyridine rings is 1. The maximum Gasteiger partial charge on any atom is 0.270 e. The number of aliphatic imine (C=N–C) groups is 1. The van der Waals surface area contributed by atoms with Gasteiger partial charge in [0.15, 0.2) is 0 Å². The Morgan fingerprint density at radius 1 is 1.39 bits per heavy atom. The molecule has 1 aromatic rings. The molecule has 0 bridgehead atoms. The van der Waals surface area contributed by atoms with Gasteiger partial charge in [0.25, 0.3) is 5.91 Å². The van der Waals surface area contributed by atoms with Gasteiger partial charge in [0.05, 0.1) is 0 Å². The van der Waals surface area contributed by atoms with Gasteiger partial charge in [0, 0.05) is 25.0 Å². The van der Waals surface area contributed by atoms with E-state index in [1.807, 2.05) is 0 Å². The monoisotopic (exact) mass is 244 g/mol. The maximum atomic E-state index is 12.0. The van der Waals surface area contributed by atoms with E-state index in [1.165, 1.54) is 24.7 Å². The molecule has 2 rings (SSSR count). The molecule has 2 heterocycles. The average molecular weight is 244 g/mol. The molecular formula is C12H12N4O2. The third-order valence-electron chi connectivity index (χ3n) is 2.64. The Kier molecular flexibility index (Phi) is 3.18. The molecule has 0 fully saturated rings. The minimum atomic E-state index is -1.23. The predicted molar refractivity (Wildman–Crippen MR) is 65.9 cm³/mol. The highest BCUT2D eigenvalue weighted by Crippen LogP contribution is 2.15. The molecule has 2 amide bonds. The van der Waals surface area contributed by atoms with Gasteiger partial charge in [-0.3, -0.25) is 19.6 Å². The van der Waals surface area contributed by atoms with Gasteiger partial charge in [-0.1, -0.05) is 6.07 Å². The first-order valence-corrected chi connectivity index (χ1v) is 5.37. The normalized spacial score (nSPS) is 21.6. The van der Waals surface area contributed by atoms with Crippen LogP contribution in [0.15, 0.2) is 41.7 Å². The number of amides is 2. The van der Waals surface area contributed by atoms with Crippen molar-refractivity contribution in [1.82, 2.24) is 10.3 Å². The molecule has 1 atom stereocenters. The summed E-state index contributed by atoms with van der Waals surface area (Å²) in [5.74, 6) is -1.08. The fraction of sp³-hybridized carbons (Fsp3) is 0.167. The molecule has 0 aliphatic carbocycles. The van der Waals surface area contributed by atoms with Gasteiger partial charge in [0.2, 0.25) is 5.91 Å². The fourth-order valence-electron chi connectivity index (χ4n) is 1.60. The topological polar surface area (TPSA) is 97.4 Å². The summed E-state index contributed by atoms with van der Waals surface area (Å²) < 4.78 is 0. The van der Waals surface area contributed by atoms with Gasteiger partial charge in [-0.15, -0.1) is 0 Å². The van der Waals surface area contributed by atoms with Crippen LogP contribution in [0.2, 0.25) is 0 Å². The molecule has 0 radical (unpaired) electrons. The largest absolute Gasteiger partial charge is 0.367 e. The summed E-state index contributed by atoms with van der Waals surface area (Å²) in [5, 5.41) is 2.59. The van der Waals surface area contributed by atoms with E-state index in [4.69, 9.17) is 5.73 Å². The van der Waals surface area contributed by atoms with Gasteiger partial charge in [-0.2, -0.15) is 0 Å². The van der Waals surface area contributed by atoms with Crippen LogP contribution in [-0.2, 0) is 4.79 Å². The van der Waals surface area contributed by atoms with Gasteiger partial charge < -0.3 is 11.1 Å². The zero-order chi connectivity index (χ0) is 13.0. The number of nitrogens with one attached hydrogen (secondary N) is 1. The molecule has 1 aliphatic rings. The van der Waals surface area contributed by atoms with E-state index in [2.05, 4.69) is 15.3 Å².